The maximum atomic E-state index is 12.4. The summed E-state index contributed by atoms with van der Waals surface area (Å²) in [5.41, 5.74) is 0. The molecule has 0 amide bonds. The van der Waals surface area contributed by atoms with Crippen LogP contribution in [0.3, 0.4) is 0 Å². The summed E-state index contributed by atoms with van der Waals surface area (Å²) in [5.74, 6) is 0.00523. The number of hydrogen-bond donors (Lipinski definition) is 0. The van der Waals surface area contributed by atoms with E-state index in [9.17, 15) is 4.57 Å². The predicted octanol–water partition coefficient (Wildman–Crippen LogP) is 4.22. The first-order valence-corrected chi connectivity index (χ1v) is 7.32. The SMILES string of the molecule is CC(C)OP(=O)(OC(C)C)C(C)(Cl)CCl. The van der Waals surface area contributed by atoms with Crippen molar-refractivity contribution in [3.63, 3.8) is 0 Å². The molecule has 0 saturated heterocycles. The van der Waals surface area contributed by atoms with Crippen molar-refractivity contribution < 1.29 is 13.6 Å². The summed E-state index contributed by atoms with van der Waals surface area (Å²) >= 11 is 11.8. The van der Waals surface area contributed by atoms with E-state index >= 15 is 0 Å². The van der Waals surface area contributed by atoms with Crippen LogP contribution in [-0.2, 0) is 13.6 Å². The molecule has 1 unspecified atom stereocenters. The minimum Gasteiger partial charge on any atom is -0.305 e. The second-order valence-corrected chi connectivity index (χ2v) is 7.85. The standard InChI is InChI=1S/C9H19Cl2O3P/c1-7(2)13-15(12,14-8(3)4)9(5,11)6-10/h7-8H,6H2,1-5H3. The summed E-state index contributed by atoms with van der Waals surface area (Å²) in [6.45, 7) is 8.66. The Morgan fingerprint density at radius 3 is 1.73 bits per heavy atom. The first-order valence-electron chi connectivity index (χ1n) is 4.86. The Bertz CT molecular complexity index is 228. The first-order chi connectivity index (χ1) is 6.64. The van der Waals surface area contributed by atoms with E-state index in [1.165, 1.54) is 0 Å². The molecule has 0 aliphatic rings. The lowest BCUT2D eigenvalue weighted by Gasteiger charge is -2.32. The molecule has 3 nitrogen and oxygen atoms in total. The summed E-state index contributed by atoms with van der Waals surface area (Å²) in [5, 5.41) is 0. The molecule has 0 N–H and O–H groups in total. The Kier molecular flexibility index (Phi) is 6.17. The zero-order valence-electron chi connectivity index (χ0n) is 9.79. The summed E-state index contributed by atoms with van der Waals surface area (Å²) in [6, 6.07) is 0. The van der Waals surface area contributed by atoms with Crippen LogP contribution in [0.25, 0.3) is 0 Å². The third kappa shape index (κ3) is 4.62. The van der Waals surface area contributed by atoms with Gasteiger partial charge in [0.25, 0.3) is 0 Å². The highest BCUT2D eigenvalue weighted by atomic mass is 35.5. The molecule has 0 rings (SSSR count). The van der Waals surface area contributed by atoms with Crippen LogP contribution in [-0.4, -0.2) is 22.7 Å². The van der Waals surface area contributed by atoms with Gasteiger partial charge in [-0.25, -0.2) is 0 Å². The maximum Gasteiger partial charge on any atom is 0.352 e. The second-order valence-electron chi connectivity index (χ2n) is 4.08. The molecule has 0 aromatic heterocycles. The molecule has 0 aromatic carbocycles. The van der Waals surface area contributed by atoms with Gasteiger partial charge in [0.1, 0.15) is 0 Å². The van der Waals surface area contributed by atoms with Crippen LogP contribution >= 0.6 is 30.8 Å². The van der Waals surface area contributed by atoms with Crippen molar-refractivity contribution in [3.05, 3.63) is 0 Å². The van der Waals surface area contributed by atoms with Gasteiger partial charge in [0.2, 0.25) is 0 Å². The van der Waals surface area contributed by atoms with Gasteiger partial charge in [-0.1, -0.05) is 0 Å². The molecule has 6 heteroatoms. The zero-order chi connectivity index (χ0) is 12.3. The highest BCUT2D eigenvalue weighted by molar-refractivity contribution is 7.57. The molecule has 0 heterocycles. The molecule has 0 fully saturated rings. The van der Waals surface area contributed by atoms with E-state index in [0.29, 0.717) is 0 Å². The van der Waals surface area contributed by atoms with Crippen LogP contribution in [0.5, 0.6) is 0 Å². The summed E-state index contributed by atoms with van der Waals surface area (Å²) in [4.78, 5) is 0. The van der Waals surface area contributed by atoms with Gasteiger partial charge in [-0.05, 0) is 34.6 Å². The lowest BCUT2D eigenvalue weighted by Crippen LogP contribution is -2.25. The topological polar surface area (TPSA) is 35.5 Å². The third-order valence-corrected chi connectivity index (χ3v) is 5.82. The monoisotopic (exact) mass is 276 g/mol. The molecule has 0 radical (unpaired) electrons. The summed E-state index contributed by atoms with van der Waals surface area (Å²) in [6.07, 6.45) is -0.452. The summed E-state index contributed by atoms with van der Waals surface area (Å²) < 4.78 is 21.9. The van der Waals surface area contributed by atoms with Crippen molar-refractivity contribution in [1.82, 2.24) is 0 Å². The second kappa shape index (κ2) is 5.88. The molecule has 92 valence electrons. The van der Waals surface area contributed by atoms with Gasteiger partial charge < -0.3 is 9.05 Å². The van der Waals surface area contributed by atoms with Crippen molar-refractivity contribution in [2.75, 3.05) is 5.88 Å². The predicted molar refractivity (Wildman–Crippen MR) is 65.0 cm³/mol. The Labute approximate surface area is 102 Å². The highest BCUT2D eigenvalue weighted by Crippen LogP contribution is 2.63. The first kappa shape index (κ1) is 15.7. The quantitative estimate of drug-likeness (QED) is 0.538. The van der Waals surface area contributed by atoms with E-state index in [4.69, 9.17) is 32.2 Å². The Morgan fingerprint density at radius 2 is 1.53 bits per heavy atom. The van der Waals surface area contributed by atoms with E-state index in [1.807, 2.05) is 0 Å². The van der Waals surface area contributed by atoms with Crippen LogP contribution in [0.2, 0.25) is 0 Å². The highest BCUT2D eigenvalue weighted by Gasteiger charge is 2.46. The van der Waals surface area contributed by atoms with Crippen molar-refractivity contribution in [2.45, 2.75) is 51.4 Å². The average Bonchev–Trinajstić information content (AvgIpc) is 2.00. The molecular formula is C9H19Cl2O3P. The fourth-order valence-corrected chi connectivity index (χ4v) is 3.30. The van der Waals surface area contributed by atoms with E-state index in [2.05, 4.69) is 0 Å². The lowest BCUT2D eigenvalue weighted by molar-refractivity contribution is 0.136. The van der Waals surface area contributed by atoms with E-state index < -0.39 is 12.2 Å². The van der Waals surface area contributed by atoms with Gasteiger partial charge in [-0.15, -0.1) is 23.2 Å². The van der Waals surface area contributed by atoms with Crippen molar-refractivity contribution in [3.8, 4) is 0 Å². The van der Waals surface area contributed by atoms with Crippen LogP contribution in [0, 0.1) is 0 Å². The van der Waals surface area contributed by atoms with E-state index in [1.54, 1.807) is 34.6 Å². The van der Waals surface area contributed by atoms with Crippen molar-refractivity contribution in [1.29, 1.82) is 0 Å². The van der Waals surface area contributed by atoms with Crippen molar-refractivity contribution >= 4 is 30.8 Å². The molecule has 0 aliphatic heterocycles. The van der Waals surface area contributed by atoms with E-state index in [0.717, 1.165) is 0 Å². The molecule has 0 saturated carbocycles. The van der Waals surface area contributed by atoms with Crippen LogP contribution < -0.4 is 0 Å². The van der Waals surface area contributed by atoms with E-state index in [-0.39, 0.29) is 18.1 Å². The summed E-state index contributed by atoms with van der Waals surface area (Å²) in [7, 11) is -3.40. The third-order valence-electron chi connectivity index (χ3n) is 1.51. The molecule has 0 bridgehead atoms. The maximum absolute atomic E-state index is 12.4. The lowest BCUT2D eigenvalue weighted by atomic mass is 10.5. The average molecular weight is 277 g/mol. The van der Waals surface area contributed by atoms with Gasteiger partial charge in [-0.3, -0.25) is 4.57 Å². The number of rotatable bonds is 6. The number of halogens is 2. The minimum absolute atomic E-state index is 0.00523. The molecule has 0 aromatic rings. The van der Waals surface area contributed by atoms with Crippen LogP contribution in [0.1, 0.15) is 34.6 Å². The zero-order valence-corrected chi connectivity index (χ0v) is 12.2. The van der Waals surface area contributed by atoms with Gasteiger partial charge in [0.15, 0.2) is 4.62 Å². The Balaban J connectivity index is 4.94. The number of alkyl halides is 2. The molecule has 15 heavy (non-hydrogen) atoms. The van der Waals surface area contributed by atoms with Gasteiger partial charge in [-0.2, -0.15) is 0 Å². The normalized spacial score (nSPS) is 17.1. The van der Waals surface area contributed by atoms with Crippen LogP contribution in [0.4, 0.5) is 0 Å². The fraction of sp³-hybridized carbons (Fsp3) is 1.00. The Morgan fingerprint density at radius 1 is 1.20 bits per heavy atom. The largest absolute Gasteiger partial charge is 0.352 e. The minimum atomic E-state index is -3.40. The molecule has 1 atom stereocenters. The smallest absolute Gasteiger partial charge is 0.305 e. The fourth-order valence-electron chi connectivity index (χ4n) is 0.873. The molecule has 0 aliphatic carbocycles. The van der Waals surface area contributed by atoms with Gasteiger partial charge in [0.05, 0.1) is 18.1 Å². The van der Waals surface area contributed by atoms with Crippen molar-refractivity contribution in [2.24, 2.45) is 0 Å². The van der Waals surface area contributed by atoms with Crippen LogP contribution in [0.15, 0.2) is 0 Å². The Hall–Kier alpha value is 0.730. The molecular weight excluding hydrogens is 258 g/mol. The van der Waals surface area contributed by atoms with Gasteiger partial charge in [0, 0.05) is 0 Å². The van der Waals surface area contributed by atoms with Gasteiger partial charge >= 0.3 is 7.60 Å². The number of hydrogen-bond acceptors (Lipinski definition) is 3. The molecule has 0 spiro atoms.